The number of rotatable bonds is 38. The zero-order chi connectivity index (χ0) is 66.6. The number of carbonyl (C=O) groups excluding carboxylic acids is 6. The highest BCUT2D eigenvalue weighted by Gasteiger charge is 2.35. The van der Waals surface area contributed by atoms with E-state index < -0.39 is 96.8 Å². The summed E-state index contributed by atoms with van der Waals surface area (Å²) < 4.78 is 0. The highest BCUT2D eigenvalue weighted by atomic mass is 16.4. The summed E-state index contributed by atoms with van der Waals surface area (Å²) in [6.07, 6.45) is -8.37. The number of ketones is 6. The molecule has 15 atom stereocenters. The summed E-state index contributed by atoms with van der Waals surface area (Å²) in [6.45, 7) is 32.5. The van der Waals surface area contributed by atoms with Crippen LogP contribution in [0.4, 0.5) is 0 Å². The summed E-state index contributed by atoms with van der Waals surface area (Å²) >= 11 is 0. The maximum absolute atomic E-state index is 11.5. The predicted molar refractivity (Wildman–Crippen MR) is 322 cm³/mol. The topological polar surface area (TPSA) is 406 Å². The molecule has 0 aliphatic heterocycles. The van der Waals surface area contributed by atoms with Crippen molar-refractivity contribution in [2.75, 3.05) is 0 Å². The molecule has 0 aliphatic carbocycles. The molecule has 0 aromatic carbocycles. The SMILES string of the molecule is CC[C@@H](O)CCCC(=O)C(C)C.CC[C@@H](O)CCCC(=O)C(C)C.CC[C@@H](O)[C@@H](O)CCC(=O)C(C)C.CC[C@@H](O)[C@@H](O)[C@H](O)CC(=O)C(C)C.CC[C@@H](O)[C@@H](O)[C@H](O)[C@@H](O)C(=O)C(C)C.CC[C@@H](O)[C@@H](O)[C@H](O)[C@@H](O)C(=O)CCC(C)C. The second-order valence-electron chi connectivity index (χ2n) is 23.5. The quantitative estimate of drug-likeness (QED) is 0.0406. The predicted octanol–water partition coefficient (Wildman–Crippen LogP) is 4.43. The van der Waals surface area contributed by atoms with E-state index >= 15 is 0 Å². The highest BCUT2D eigenvalue weighted by Crippen LogP contribution is 2.16. The van der Waals surface area contributed by atoms with Gasteiger partial charge in [0.1, 0.15) is 65.9 Å². The zero-order valence-corrected chi connectivity index (χ0v) is 54.3. The van der Waals surface area contributed by atoms with Crippen LogP contribution in [-0.4, -0.2) is 203 Å². The molecule has 0 amide bonds. The van der Waals surface area contributed by atoms with Crippen molar-refractivity contribution >= 4 is 34.7 Å². The van der Waals surface area contributed by atoms with E-state index in [2.05, 4.69) is 0 Å². The largest absolute Gasteiger partial charge is 0.393 e. The van der Waals surface area contributed by atoms with E-state index in [9.17, 15) is 105 Å². The maximum Gasteiger partial charge on any atom is 0.166 e. The Morgan fingerprint density at radius 2 is 0.590 bits per heavy atom. The Bertz CT molecular complexity index is 1590. The van der Waals surface area contributed by atoms with Gasteiger partial charge < -0.3 is 76.6 Å². The molecule has 21 heteroatoms. The molecule has 0 radical (unpaired) electrons. The summed E-state index contributed by atoms with van der Waals surface area (Å²) in [4.78, 5) is 67.4. The molecule has 498 valence electrons. The van der Waals surface area contributed by atoms with Gasteiger partial charge >= 0.3 is 0 Å². The summed E-state index contributed by atoms with van der Waals surface area (Å²) in [5.41, 5.74) is 0. The van der Waals surface area contributed by atoms with Gasteiger partial charge in [-0.1, -0.05) is 125 Å². The standard InChI is InChI=1S/C12H24O5.C10H20O5.C10H20O4.C10H20O3.2C10H20O2/c1-4-8(13)10(15)12(17)11(16)9(14)6-5-7(2)3;1-4-6(11)8(13)10(15)9(14)7(12)5(2)3;1-4-7(11)10(14)9(13)5-8(12)6(2)3;1-4-8(11)10(13)6-5-9(12)7(2)3;2*1-4-9(11)6-5-7-10(12)8(2)3/h7-8,10-13,15-17H,4-6H2,1-3H3;5-6,8-11,13-15H,4H2,1-3H3;6-7,9-11,13-14H,4-5H2,1-3H3;7-8,10-11,13H,4-6H2,1-3H3;2*8-9,11H,4-7H2,1-3H3/t8-,10-,11+,12+;6-,8-,9+,10+;7-,9-,10-;8-,10+;2*9-/m111111/s1. The average Bonchev–Trinajstić information content (AvgIpc) is 3.45. The molecule has 15 N–H and O–H groups in total. The molecule has 21 nitrogen and oxygen atoms in total. The second-order valence-corrected chi connectivity index (χ2v) is 23.5. The normalized spacial score (nSPS) is 16.8. The van der Waals surface area contributed by atoms with E-state index in [1.807, 2.05) is 69.2 Å². The van der Waals surface area contributed by atoms with Crippen molar-refractivity contribution in [3.05, 3.63) is 0 Å². The fraction of sp³-hybridized carbons (Fsp3) is 0.903. The Balaban J connectivity index is -0.000000215. The fourth-order valence-corrected chi connectivity index (χ4v) is 6.70. The Morgan fingerprint density at radius 3 is 0.892 bits per heavy atom. The molecule has 0 aliphatic rings. The highest BCUT2D eigenvalue weighted by molar-refractivity contribution is 5.85. The van der Waals surface area contributed by atoms with Gasteiger partial charge in [0, 0.05) is 61.7 Å². The molecule has 0 aromatic rings. The monoisotopic (exact) mass is 1200 g/mol. The van der Waals surface area contributed by atoms with Crippen molar-refractivity contribution in [3.8, 4) is 0 Å². The first-order valence-electron chi connectivity index (χ1n) is 30.5. The van der Waals surface area contributed by atoms with Crippen LogP contribution in [-0.2, 0) is 28.8 Å². The van der Waals surface area contributed by atoms with Crippen LogP contribution in [0.5, 0.6) is 0 Å². The van der Waals surface area contributed by atoms with Crippen molar-refractivity contribution in [1.29, 1.82) is 0 Å². The van der Waals surface area contributed by atoms with E-state index in [0.29, 0.717) is 62.4 Å². The first-order valence-corrected chi connectivity index (χ1v) is 30.5. The van der Waals surface area contributed by atoms with Gasteiger partial charge in [-0.3, -0.25) is 28.8 Å². The fourth-order valence-electron chi connectivity index (χ4n) is 6.70. The Hall–Kier alpha value is -2.58. The van der Waals surface area contributed by atoms with Crippen LogP contribution in [0.15, 0.2) is 0 Å². The van der Waals surface area contributed by atoms with Crippen LogP contribution in [0, 0.1) is 35.5 Å². The third kappa shape index (κ3) is 48.2. The van der Waals surface area contributed by atoms with Gasteiger partial charge in [0.2, 0.25) is 0 Å². The van der Waals surface area contributed by atoms with Crippen molar-refractivity contribution in [2.45, 2.75) is 325 Å². The molecule has 0 rings (SSSR count). The zero-order valence-electron chi connectivity index (χ0n) is 54.3. The van der Waals surface area contributed by atoms with Crippen LogP contribution >= 0.6 is 0 Å². The van der Waals surface area contributed by atoms with Gasteiger partial charge in [-0.2, -0.15) is 0 Å². The van der Waals surface area contributed by atoms with Gasteiger partial charge in [-0.15, -0.1) is 0 Å². The van der Waals surface area contributed by atoms with Gasteiger partial charge in [-0.25, -0.2) is 0 Å². The average molecular weight is 1210 g/mol. The lowest BCUT2D eigenvalue weighted by atomic mass is 9.94. The lowest BCUT2D eigenvalue weighted by Gasteiger charge is -2.25. The first kappa shape index (κ1) is 91.6. The number of hydrogen-bond donors (Lipinski definition) is 15. The van der Waals surface area contributed by atoms with E-state index in [0.717, 1.165) is 38.5 Å². The van der Waals surface area contributed by atoms with E-state index in [1.54, 1.807) is 55.4 Å². The number of carbonyl (C=O) groups is 6. The Kier molecular flexibility index (Phi) is 59.2. The molecule has 0 bridgehead atoms. The summed E-state index contributed by atoms with van der Waals surface area (Å²) in [5.74, 6) is -0.374. The van der Waals surface area contributed by atoms with Gasteiger partial charge in [0.05, 0.1) is 48.8 Å². The first-order chi connectivity index (χ1) is 38.2. The molecular weight excluding hydrogens is 1080 g/mol. The van der Waals surface area contributed by atoms with Crippen molar-refractivity contribution in [2.24, 2.45) is 35.5 Å². The van der Waals surface area contributed by atoms with Crippen molar-refractivity contribution in [1.82, 2.24) is 0 Å². The molecule has 0 aromatic heterocycles. The van der Waals surface area contributed by atoms with Crippen molar-refractivity contribution < 1.29 is 105 Å². The molecule has 0 heterocycles. The second kappa shape index (κ2) is 53.6. The Morgan fingerprint density at radius 1 is 0.277 bits per heavy atom. The van der Waals surface area contributed by atoms with Crippen LogP contribution in [0.25, 0.3) is 0 Å². The minimum absolute atomic E-state index is 0.0194. The van der Waals surface area contributed by atoms with E-state index in [1.165, 1.54) is 0 Å². The summed E-state index contributed by atoms with van der Waals surface area (Å²) in [5, 5.41) is 140. The molecule has 0 unspecified atom stereocenters. The minimum atomic E-state index is -1.65. The van der Waals surface area contributed by atoms with Crippen LogP contribution < -0.4 is 0 Å². The third-order valence-electron chi connectivity index (χ3n) is 13.7. The summed E-state index contributed by atoms with van der Waals surface area (Å²) in [7, 11) is 0. The van der Waals surface area contributed by atoms with E-state index in [-0.39, 0.29) is 73.1 Å². The van der Waals surface area contributed by atoms with Crippen LogP contribution in [0.3, 0.4) is 0 Å². The lowest BCUT2D eigenvalue weighted by molar-refractivity contribution is -0.147. The lowest BCUT2D eigenvalue weighted by Crippen LogP contribution is -2.48. The molecular formula is C62H124O21. The smallest absolute Gasteiger partial charge is 0.166 e. The molecule has 0 saturated heterocycles. The molecule has 0 spiro atoms. The Labute approximate surface area is 499 Å². The number of aliphatic hydroxyl groups is 15. The minimum Gasteiger partial charge on any atom is -0.393 e. The van der Waals surface area contributed by atoms with Crippen LogP contribution in [0.1, 0.15) is 234 Å². The third-order valence-corrected chi connectivity index (χ3v) is 13.7. The van der Waals surface area contributed by atoms with Gasteiger partial charge in [0.15, 0.2) is 11.6 Å². The van der Waals surface area contributed by atoms with Crippen LogP contribution in [0.2, 0.25) is 0 Å². The molecule has 0 fully saturated rings. The maximum atomic E-state index is 11.5. The van der Waals surface area contributed by atoms with E-state index in [4.69, 9.17) is 0 Å². The molecule has 0 saturated carbocycles. The number of aliphatic hydroxyl groups excluding tert-OH is 15. The van der Waals surface area contributed by atoms with Gasteiger partial charge in [0.25, 0.3) is 0 Å². The number of hydrogen-bond acceptors (Lipinski definition) is 21. The number of Topliss-reactive ketones (excluding diaryl/α,β-unsaturated/α-hetero) is 6. The molecule has 83 heavy (non-hydrogen) atoms. The van der Waals surface area contributed by atoms with Gasteiger partial charge in [-0.05, 0) is 83.0 Å². The summed E-state index contributed by atoms with van der Waals surface area (Å²) in [6, 6.07) is 0. The van der Waals surface area contributed by atoms with Crippen molar-refractivity contribution in [3.63, 3.8) is 0 Å².